The molecule has 4 nitrogen and oxygen atoms in total. The summed E-state index contributed by atoms with van der Waals surface area (Å²) in [7, 11) is 0. The van der Waals surface area contributed by atoms with Crippen molar-refractivity contribution in [3.05, 3.63) is 59.2 Å². The first kappa shape index (κ1) is 17.8. The molecule has 2 N–H and O–H groups in total. The molecule has 26 heavy (non-hydrogen) atoms. The lowest BCUT2D eigenvalue weighted by Gasteiger charge is -2.13. The summed E-state index contributed by atoms with van der Waals surface area (Å²) in [5, 5.41) is 2.16. The number of aromatic amines is 1. The number of fused-ring (bicyclic) bond motifs is 1. The van der Waals surface area contributed by atoms with E-state index in [1.165, 1.54) is 0 Å². The zero-order valence-corrected chi connectivity index (χ0v) is 12.7. The molecule has 1 heterocycles. The molecule has 10 heteroatoms. The van der Waals surface area contributed by atoms with Crippen molar-refractivity contribution in [1.82, 2.24) is 9.97 Å². The number of para-hydroxylation sites is 2. The number of hydrogen-bond acceptors (Lipinski definition) is 2. The second kappa shape index (κ2) is 6.04. The lowest BCUT2D eigenvalue weighted by atomic mass is 10.0. The number of nitrogens with one attached hydrogen (secondary N) is 2. The van der Waals surface area contributed by atoms with Crippen LogP contribution in [-0.4, -0.2) is 15.9 Å². The summed E-state index contributed by atoms with van der Waals surface area (Å²) in [5.41, 5.74) is -2.90. The zero-order chi connectivity index (χ0) is 19.1. The summed E-state index contributed by atoms with van der Waals surface area (Å²) in [4.78, 5) is 18.8. The number of amides is 1. The van der Waals surface area contributed by atoms with Crippen molar-refractivity contribution < 1.29 is 31.1 Å². The Kier molecular flexibility index (Phi) is 4.13. The van der Waals surface area contributed by atoms with E-state index in [-0.39, 0.29) is 12.0 Å². The van der Waals surface area contributed by atoms with Gasteiger partial charge in [-0.2, -0.15) is 26.3 Å². The average Bonchev–Trinajstić information content (AvgIpc) is 2.95. The molecule has 0 aliphatic rings. The summed E-state index contributed by atoms with van der Waals surface area (Å²) >= 11 is 0. The monoisotopic (exact) mass is 373 g/mol. The van der Waals surface area contributed by atoms with Crippen LogP contribution in [0.25, 0.3) is 11.0 Å². The van der Waals surface area contributed by atoms with E-state index in [1.807, 2.05) is 0 Å². The van der Waals surface area contributed by atoms with Gasteiger partial charge in [0.15, 0.2) is 0 Å². The zero-order valence-electron chi connectivity index (χ0n) is 12.7. The predicted octanol–water partition coefficient (Wildman–Crippen LogP) is 4.85. The van der Waals surface area contributed by atoms with Gasteiger partial charge in [0.2, 0.25) is 5.95 Å². The number of anilines is 1. The van der Waals surface area contributed by atoms with E-state index >= 15 is 0 Å². The molecule has 0 saturated carbocycles. The van der Waals surface area contributed by atoms with Gasteiger partial charge in [0.25, 0.3) is 5.91 Å². The van der Waals surface area contributed by atoms with E-state index in [1.54, 1.807) is 24.3 Å². The smallest absolute Gasteiger partial charge is 0.324 e. The molecule has 0 bridgehead atoms. The van der Waals surface area contributed by atoms with Gasteiger partial charge in [0.1, 0.15) is 0 Å². The highest BCUT2D eigenvalue weighted by Gasteiger charge is 2.37. The third kappa shape index (κ3) is 3.63. The Morgan fingerprint density at radius 3 is 2.04 bits per heavy atom. The maximum absolute atomic E-state index is 12.8. The number of carbonyl (C=O) groups is 1. The number of alkyl halides is 6. The van der Waals surface area contributed by atoms with Crippen molar-refractivity contribution >= 4 is 22.9 Å². The third-order valence-corrected chi connectivity index (χ3v) is 3.47. The minimum absolute atomic E-state index is 0.0437. The lowest BCUT2D eigenvalue weighted by molar-refractivity contribution is -0.143. The molecule has 3 rings (SSSR count). The number of halogens is 6. The van der Waals surface area contributed by atoms with Gasteiger partial charge in [-0.25, -0.2) is 4.98 Å². The second-order valence-electron chi connectivity index (χ2n) is 5.35. The average molecular weight is 373 g/mol. The fourth-order valence-electron chi connectivity index (χ4n) is 2.28. The highest BCUT2D eigenvalue weighted by Crippen LogP contribution is 2.36. The van der Waals surface area contributed by atoms with E-state index in [4.69, 9.17) is 0 Å². The Hall–Kier alpha value is -3.04. The third-order valence-electron chi connectivity index (χ3n) is 3.47. The summed E-state index contributed by atoms with van der Waals surface area (Å²) in [5.74, 6) is -1.25. The number of carbonyl (C=O) groups excluding carboxylic acids is 1. The molecule has 0 unspecified atom stereocenters. The van der Waals surface area contributed by atoms with Crippen molar-refractivity contribution in [3.8, 4) is 0 Å². The van der Waals surface area contributed by atoms with Crippen LogP contribution in [-0.2, 0) is 12.4 Å². The van der Waals surface area contributed by atoms with Crippen LogP contribution in [0.5, 0.6) is 0 Å². The molecule has 0 saturated heterocycles. The topological polar surface area (TPSA) is 57.8 Å². The number of benzene rings is 2. The number of H-pyrrole nitrogens is 1. The van der Waals surface area contributed by atoms with Gasteiger partial charge in [-0.1, -0.05) is 12.1 Å². The van der Waals surface area contributed by atoms with Gasteiger partial charge < -0.3 is 4.98 Å². The summed E-state index contributed by atoms with van der Waals surface area (Å²) < 4.78 is 77.1. The summed E-state index contributed by atoms with van der Waals surface area (Å²) in [6.07, 6.45) is -10.1. The molecule has 0 atom stereocenters. The molecule has 1 amide bonds. The first-order chi connectivity index (χ1) is 12.0. The van der Waals surface area contributed by atoms with Gasteiger partial charge in [0, 0.05) is 5.56 Å². The van der Waals surface area contributed by atoms with Crippen LogP contribution in [0.2, 0.25) is 0 Å². The largest absolute Gasteiger partial charge is 0.416 e. The predicted molar refractivity (Wildman–Crippen MR) is 80.5 cm³/mol. The van der Waals surface area contributed by atoms with E-state index in [2.05, 4.69) is 15.3 Å². The highest BCUT2D eigenvalue weighted by atomic mass is 19.4. The maximum Gasteiger partial charge on any atom is 0.416 e. The first-order valence-corrected chi connectivity index (χ1v) is 7.09. The fourth-order valence-corrected chi connectivity index (χ4v) is 2.28. The Balaban J connectivity index is 1.97. The normalized spacial score (nSPS) is 12.4. The van der Waals surface area contributed by atoms with E-state index in [0.717, 1.165) is 0 Å². The molecule has 0 radical (unpaired) electrons. The van der Waals surface area contributed by atoms with E-state index in [9.17, 15) is 31.1 Å². The van der Waals surface area contributed by atoms with Crippen LogP contribution in [0, 0.1) is 0 Å². The van der Waals surface area contributed by atoms with Crippen molar-refractivity contribution in [2.45, 2.75) is 12.4 Å². The number of aromatic nitrogens is 2. The van der Waals surface area contributed by atoms with Crippen molar-refractivity contribution in [2.24, 2.45) is 0 Å². The van der Waals surface area contributed by atoms with Gasteiger partial charge in [-0.05, 0) is 30.3 Å². The molecular formula is C16H9F6N3O. The van der Waals surface area contributed by atoms with Crippen LogP contribution in [0.1, 0.15) is 21.5 Å². The Morgan fingerprint density at radius 1 is 0.923 bits per heavy atom. The molecule has 1 aromatic heterocycles. The van der Waals surface area contributed by atoms with E-state index in [0.29, 0.717) is 23.2 Å². The minimum atomic E-state index is -5.03. The standard InChI is InChI=1S/C16H9F6N3O/c17-15(18,19)9-5-8(6-10(7-9)16(20,21)22)13(26)25-14-23-11-3-1-2-4-12(11)24-14/h1-7H,(H2,23,24,25,26). The first-order valence-electron chi connectivity index (χ1n) is 7.09. The Labute approximate surface area is 141 Å². The van der Waals surface area contributed by atoms with Crippen molar-refractivity contribution in [3.63, 3.8) is 0 Å². The molecule has 136 valence electrons. The second-order valence-corrected chi connectivity index (χ2v) is 5.35. The number of rotatable bonds is 2. The SMILES string of the molecule is O=C(Nc1nc2ccccc2[nH]1)c1cc(C(F)(F)F)cc(C(F)(F)F)c1. The molecular weight excluding hydrogens is 364 g/mol. The quantitative estimate of drug-likeness (QED) is 0.631. The Morgan fingerprint density at radius 2 is 1.50 bits per heavy atom. The van der Waals surface area contributed by atoms with Crippen molar-refractivity contribution in [2.75, 3.05) is 5.32 Å². The minimum Gasteiger partial charge on any atom is -0.324 e. The van der Waals surface area contributed by atoms with Gasteiger partial charge in [-0.3, -0.25) is 10.1 Å². The molecule has 0 aliphatic heterocycles. The van der Waals surface area contributed by atoms with Gasteiger partial charge in [-0.15, -0.1) is 0 Å². The van der Waals surface area contributed by atoms with E-state index < -0.39 is 35.0 Å². The highest BCUT2D eigenvalue weighted by molar-refractivity contribution is 6.04. The molecule has 2 aromatic carbocycles. The van der Waals surface area contributed by atoms with Crippen LogP contribution in [0.15, 0.2) is 42.5 Å². The molecule has 3 aromatic rings. The molecule has 0 spiro atoms. The molecule has 0 aliphatic carbocycles. The summed E-state index contributed by atoms with van der Waals surface area (Å²) in [6, 6.07) is 7.29. The van der Waals surface area contributed by atoms with Gasteiger partial charge >= 0.3 is 12.4 Å². The van der Waals surface area contributed by atoms with Crippen molar-refractivity contribution in [1.29, 1.82) is 0 Å². The van der Waals surface area contributed by atoms with Crippen LogP contribution in [0.3, 0.4) is 0 Å². The van der Waals surface area contributed by atoms with Crippen LogP contribution >= 0.6 is 0 Å². The van der Waals surface area contributed by atoms with Crippen LogP contribution < -0.4 is 5.32 Å². The van der Waals surface area contributed by atoms with Crippen LogP contribution in [0.4, 0.5) is 32.3 Å². The lowest BCUT2D eigenvalue weighted by Crippen LogP contribution is -2.17. The number of imidazole rings is 1. The fraction of sp³-hybridized carbons (Fsp3) is 0.125. The Bertz CT molecular complexity index is 909. The van der Waals surface area contributed by atoms with Gasteiger partial charge in [0.05, 0.1) is 22.2 Å². The molecule has 0 fully saturated rings. The maximum atomic E-state index is 12.8. The number of nitrogens with zero attached hydrogens (tertiary/aromatic N) is 1. The summed E-state index contributed by atoms with van der Waals surface area (Å²) in [6.45, 7) is 0. The number of hydrogen-bond donors (Lipinski definition) is 2.